The molecular formula is C20H17N4O4S-. The number of benzene rings is 2. The number of rotatable bonds is 5. The van der Waals surface area contributed by atoms with Gasteiger partial charge in [0, 0.05) is 12.1 Å². The van der Waals surface area contributed by atoms with Gasteiger partial charge in [-0.05, 0) is 30.2 Å². The van der Waals surface area contributed by atoms with E-state index in [9.17, 15) is 19.5 Å². The summed E-state index contributed by atoms with van der Waals surface area (Å²) in [5, 5.41) is 23.8. The van der Waals surface area contributed by atoms with Gasteiger partial charge in [-0.3, -0.25) is 9.59 Å². The number of amidine groups is 1. The van der Waals surface area contributed by atoms with Crippen molar-refractivity contribution >= 4 is 46.1 Å². The molecule has 1 aliphatic heterocycles. The monoisotopic (exact) mass is 409 g/mol. The van der Waals surface area contributed by atoms with Crippen molar-refractivity contribution in [3.05, 3.63) is 65.7 Å². The Bertz CT molecular complexity index is 1000. The lowest BCUT2D eigenvalue weighted by Gasteiger charge is -2.21. The average Bonchev–Trinajstić information content (AvgIpc) is 2.72. The van der Waals surface area contributed by atoms with E-state index in [2.05, 4.69) is 20.8 Å². The van der Waals surface area contributed by atoms with Gasteiger partial charge in [0.15, 0.2) is 5.17 Å². The molecule has 29 heavy (non-hydrogen) atoms. The number of anilines is 1. The molecule has 0 spiro atoms. The number of carboxylic acids is 1. The highest BCUT2D eigenvalue weighted by Crippen LogP contribution is 2.23. The van der Waals surface area contributed by atoms with Crippen LogP contribution in [0.15, 0.2) is 64.8 Å². The summed E-state index contributed by atoms with van der Waals surface area (Å²) in [4.78, 5) is 35.5. The summed E-state index contributed by atoms with van der Waals surface area (Å²) in [6, 6.07) is 15.2. The van der Waals surface area contributed by atoms with Gasteiger partial charge < -0.3 is 20.5 Å². The molecule has 1 atom stereocenters. The molecule has 0 saturated carbocycles. The van der Waals surface area contributed by atoms with Crippen LogP contribution in [0.4, 0.5) is 5.69 Å². The lowest BCUT2D eigenvalue weighted by molar-refractivity contribution is -0.255. The molecule has 3 rings (SSSR count). The zero-order valence-corrected chi connectivity index (χ0v) is 16.2. The predicted octanol–water partition coefficient (Wildman–Crippen LogP) is 1.39. The fraction of sp³-hybridized carbons (Fsp3) is 0.150. The van der Waals surface area contributed by atoms with Crippen LogP contribution in [0, 0.1) is 0 Å². The first-order valence-corrected chi connectivity index (χ1v) is 9.57. The van der Waals surface area contributed by atoms with E-state index in [0.29, 0.717) is 11.4 Å². The molecule has 2 aromatic carbocycles. The van der Waals surface area contributed by atoms with Crippen molar-refractivity contribution in [1.29, 1.82) is 0 Å². The molecule has 1 aliphatic rings. The first-order chi connectivity index (χ1) is 13.9. The average molecular weight is 409 g/mol. The van der Waals surface area contributed by atoms with Crippen LogP contribution in [0.3, 0.4) is 0 Å². The van der Waals surface area contributed by atoms with E-state index >= 15 is 0 Å². The molecule has 9 heteroatoms. The number of carbonyl (C=O) groups excluding carboxylic acids is 3. The summed E-state index contributed by atoms with van der Waals surface area (Å²) in [6.07, 6.45) is -0.0307. The Kier molecular flexibility index (Phi) is 6.40. The molecule has 1 fully saturated rings. The van der Waals surface area contributed by atoms with E-state index in [1.165, 1.54) is 18.2 Å². The van der Waals surface area contributed by atoms with Crippen LogP contribution < -0.4 is 15.7 Å². The summed E-state index contributed by atoms with van der Waals surface area (Å²) in [6.45, 7) is 1.79. The van der Waals surface area contributed by atoms with Gasteiger partial charge in [-0.1, -0.05) is 54.2 Å². The van der Waals surface area contributed by atoms with Crippen molar-refractivity contribution in [2.75, 3.05) is 5.32 Å². The van der Waals surface area contributed by atoms with Crippen LogP contribution >= 0.6 is 11.8 Å². The Labute approximate surface area is 171 Å². The number of hydrogen-bond donors (Lipinski definition) is 2. The zero-order chi connectivity index (χ0) is 20.8. The van der Waals surface area contributed by atoms with E-state index in [0.717, 1.165) is 17.3 Å². The largest absolute Gasteiger partial charge is 0.545 e. The second kappa shape index (κ2) is 9.16. The zero-order valence-electron chi connectivity index (χ0n) is 15.4. The summed E-state index contributed by atoms with van der Waals surface area (Å²) < 4.78 is 0. The molecule has 1 heterocycles. The number of nitrogens with zero attached hydrogens (tertiary/aromatic N) is 2. The molecule has 0 radical (unpaired) electrons. The SMILES string of the molecule is C/C(=N/N=C1\NC(=O)C[C@H](C(=O)Nc2cccc(C(=O)[O-])c2)S1)c1ccccc1. The summed E-state index contributed by atoms with van der Waals surface area (Å²) >= 11 is 1.08. The Balaban J connectivity index is 1.70. The Morgan fingerprint density at radius 1 is 1.14 bits per heavy atom. The van der Waals surface area contributed by atoms with E-state index in [1.54, 1.807) is 13.0 Å². The maximum absolute atomic E-state index is 12.5. The second-order valence-electron chi connectivity index (χ2n) is 6.17. The predicted molar refractivity (Wildman–Crippen MR) is 110 cm³/mol. The molecule has 0 bridgehead atoms. The van der Waals surface area contributed by atoms with Crippen molar-refractivity contribution in [3.8, 4) is 0 Å². The summed E-state index contributed by atoms with van der Waals surface area (Å²) in [5.41, 5.74) is 1.81. The number of carboxylic acid groups (broad SMARTS) is 1. The molecular weight excluding hydrogens is 392 g/mol. The normalized spacial score (nSPS) is 18.2. The molecule has 1 saturated heterocycles. The standard InChI is InChI=1S/C20H18N4O4S/c1-12(13-6-3-2-4-7-13)23-24-20-22-17(25)11-16(29-20)18(26)21-15-9-5-8-14(10-15)19(27)28/h2-10,16H,11H2,1H3,(H,21,26)(H,27,28)(H,22,24,25)/p-1/b23-12-/t16-/m1/s1. The Morgan fingerprint density at radius 3 is 2.59 bits per heavy atom. The van der Waals surface area contributed by atoms with E-state index in [-0.39, 0.29) is 23.1 Å². The number of carbonyl (C=O) groups is 3. The maximum atomic E-state index is 12.5. The van der Waals surface area contributed by atoms with Crippen LogP contribution in [0.1, 0.15) is 29.3 Å². The van der Waals surface area contributed by atoms with Crippen molar-refractivity contribution in [1.82, 2.24) is 5.32 Å². The van der Waals surface area contributed by atoms with Crippen LogP contribution in [-0.2, 0) is 9.59 Å². The van der Waals surface area contributed by atoms with Crippen LogP contribution in [0.25, 0.3) is 0 Å². The van der Waals surface area contributed by atoms with Crippen LogP contribution in [0.5, 0.6) is 0 Å². The summed E-state index contributed by atoms with van der Waals surface area (Å²) in [7, 11) is 0. The Morgan fingerprint density at radius 2 is 1.86 bits per heavy atom. The minimum atomic E-state index is -1.34. The third-order valence-corrected chi connectivity index (χ3v) is 5.08. The van der Waals surface area contributed by atoms with Crippen molar-refractivity contribution < 1.29 is 19.5 Å². The minimum absolute atomic E-state index is 0.0307. The lowest BCUT2D eigenvalue weighted by atomic mass is 10.1. The van der Waals surface area contributed by atoms with Crippen molar-refractivity contribution in [2.45, 2.75) is 18.6 Å². The van der Waals surface area contributed by atoms with Crippen LogP contribution in [0.2, 0.25) is 0 Å². The van der Waals surface area contributed by atoms with Gasteiger partial charge in [0.25, 0.3) is 0 Å². The maximum Gasteiger partial charge on any atom is 0.238 e. The molecule has 8 nitrogen and oxygen atoms in total. The number of hydrogen-bond acceptors (Lipinski definition) is 7. The van der Waals surface area contributed by atoms with Gasteiger partial charge in [0.05, 0.1) is 11.7 Å². The van der Waals surface area contributed by atoms with Gasteiger partial charge in [0.2, 0.25) is 11.8 Å². The van der Waals surface area contributed by atoms with Crippen LogP contribution in [-0.4, -0.2) is 33.9 Å². The molecule has 0 unspecified atom stereocenters. The minimum Gasteiger partial charge on any atom is -0.545 e. The van der Waals surface area contributed by atoms with Crippen molar-refractivity contribution in [2.24, 2.45) is 10.2 Å². The third-order valence-electron chi connectivity index (χ3n) is 4.01. The van der Waals surface area contributed by atoms with E-state index in [1.807, 2.05) is 30.3 Å². The van der Waals surface area contributed by atoms with Gasteiger partial charge in [0.1, 0.15) is 5.25 Å². The highest BCUT2D eigenvalue weighted by atomic mass is 32.2. The summed E-state index contributed by atoms with van der Waals surface area (Å²) in [5.74, 6) is -2.12. The number of thioether (sulfide) groups is 1. The molecule has 0 aliphatic carbocycles. The van der Waals surface area contributed by atoms with Gasteiger partial charge in [-0.2, -0.15) is 5.10 Å². The number of nitrogens with one attached hydrogen (secondary N) is 2. The first-order valence-electron chi connectivity index (χ1n) is 8.69. The molecule has 2 N–H and O–H groups in total. The molecule has 2 aromatic rings. The first kappa shape index (κ1) is 20.3. The van der Waals surface area contributed by atoms with Gasteiger partial charge in [-0.15, -0.1) is 5.10 Å². The van der Waals surface area contributed by atoms with E-state index < -0.39 is 17.1 Å². The Hall–Kier alpha value is -3.46. The lowest BCUT2D eigenvalue weighted by Crippen LogP contribution is -2.41. The van der Waals surface area contributed by atoms with Gasteiger partial charge >= 0.3 is 0 Å². The highest BCUT2D eigenvalue weighted by molar-refractivity contribution is 8.15. The number of aromatic carboxylic acids is 1. The number of amides is 2. The molecule has 2 amide bonds. The van der Waals surface area contributed by atoms with Gasteiger partial charge in [-0.25, -0.2) is 0 Å². The smallest absolute Gasteiger partial charge is 0.238 e. The molecule has 148 valence electrons. The third kappa shape index (κ3) is 5.52. The second-order valence-corrected chi connectivity index (χ2v) is 7.36. The fourth-order valence-corrected chi connectivity index (χ4v) is 3.47. The molecule has 0 aromatic heterocycles. The van der Waals surface area contributed by atoms with E-state index in [4.69, 9.17) is 0 Å². The van der Waals surface area contributed by atoms with Crippen molar-refractivity contribution in [3.63, 3.8) is 0 Å². The topological polar surface area (TPSA) is 123 Å². The quantitative estimate of drug-likeness (QED) is 0.571. The highest BCUT2D eigenvalue weighted by Gasteiger charge is 2.30. The fourth-order valence-electron chi connectivity index (χ4n) is 2.54.